The van der Waals surface area contributed by atoms with E-state index < -0.39 is 0 Å². The second-order valence-electron chi connectivity index (χ2n) is 3.96. The highest BCUT2D eigenvalue weighted by Gasteiger charge is 2.06. The highest BCUT2D eigenvalue weighted by molar-refractivity contribution is 7.09. The predicted octanol–water partition coefficient (Wildman–Crippen LogP) is 3.35. The molecule has 0 bridgehead atoms. The average molecular weight is 247 g/mol. The second-order valence-corrected chi connectivity index (χ2v) is 4.99. The molecule has 0 spiro atoms. The number of ether oxygens (including phenoxy) is 1. The zero-order valence-electron chi connectivity index (χ0n) is 10.2. The molecule has 0 saturated heterocycles. The van der Waals surface area contributed by atoms with Crippen molar-refractivity contribution in [2.24, 2.45) is 0 Å². The summed E-state index contributed by atoms with van der Waals surface area (Å²) < 4.78 is 5.94. The summed E-state index contributed by atoms with van der Waals surface area (Å²) in [6.07, 6.45) is 0. The second kappa shape index (κ2) is 5.84. The van der Waals surface area contributed by atoms with Crippen molar-refractivity contribution >= 4 is 11.3 Å². The van der Waals surface area contributed by atoms with Crippen LogP contribution in [0.2, 0.25) is 0 Å². The Labute approximate surface area is 106 Å². The minimum absolute atomic E-state index is 0.652. The molecular formula is C14H17NOS. The highest BCUT2D eigenvalue weighted by Crippen LogP contribution is 2.25. The van der Waals surface area contributed by atoms with Crippen molar-refractivity contribution in [3.8, 4) is 5.75 Å². The first-order valence-corrected chi connectivity index (χ1v) is 6.57. The summed E-state index contributed by atoms with van der Waals surface area (Å²) in [5, 5.41) is 5.24. The molecule has 2 rings (SSSR count). The molecule has 2 nitrogen and oxygen atoms in total. The SMILES string of the molecule is CNCc1cccc(C)c1OCc1cccs1. The number of nitrogens with one attached hydrogen (secondary N) is 1. The summed E-state index contributed by atoms with van der Waals surface area (Å²) in [5.41, 5.74) is 2.40. The van der Waals surface area contributed by atoms with E-state index in [2.05, 4.69) is 48.0 Å². The third-order valence-electron chi connectivity index (χ3n) is 2.60. The minimum atomic E-state index is 0.652. The zero-order valence-corrected chi connectivity index (χ0v) is 11.0. The molecule has 0 aliphatic heterocycles. The summed E-state index contributed by atoms with van der Waals surface area (Å²) in [6, 6.07) is 10.4. The smallest absolute Gasteiger partial charge is 0.127 e. The van der Waals surface area contributed by atoms with Crippen molar-refractivity contribution < 1.29 is 4.74 Å². The maximum absolute atomic E-state index is 5.94. The van der Waals surface area contributed by atoms with Crippen LogP contribution >= 0.6 is 11.3 Å². The largest absolute Gasteiger partial charge is 0.487 e. The molecule has 2 aromatic rings. The van der Waals surface area contributed by atoms with E-state index in [4.69, 9.17) is 4.74 Å². The van der Waals surface area contributed by atoms with Gasteiger partial charge in [0.2, 0.25) is 0 Å². The molecule has 0 amide bonds. The van der Waals surface area contributed by atoms with Crippen molar-refractivity contribution in [3.63, 3.8) is 0 Å². The lowest BCUT2D eigenvalue weighted by atomic mass is 10.1. The predicted molar refractivity (Wildman–Crippen MR) is 72.6 cm³/mol. The van der Waals surface area contributed by atoms with E-state index in [1.807, 2.05) is 7.05 Å². The number of rotatable bonds is 5. The maximum Gasteiger partial charge on any atom is 0.127 e. The lowest BCUT2D eigenvalue weighted by Crippen LogP contribution is -2.08. The summed E-state index contributed by atoms with van der Waals surface area (Å²) >= 11 is 1.73. The molecule has 0 unspecified atom stereocenters. The van der Waals surface area contributed by atoms with Gasteiger partial charge in [-0.25, -0.2) is 0 Å². The number of benzene rings is 1. The first-order valence-electron chi connectivity index (χ1n) is 5.69. The lowest BCUT2D eigenvalue weighted by molar-refractivity contribution is 0.303. The van der Waals surface area contributed by atoms with Gasteiger partial charge in [0.25, 0.3) is 0 Å². The average Bonchev–Trinajstić information content (AvgIpc) is 2.82. The summed E-state index contributed by atoms with van der Waals surface area (Å²) in [4.78, 5) is 1.25. The fraction of sp³-hybridized carbons (Fsp3) is 0.286. The monoisotopic (exact) mass is 247 g/mol. The van der Waals surface area contributed by atoms with E-state index in [-0.39, 0.29) is 0 Å². The van der Waals surface area contributed by atoms with Gasteiger partial charge in [-0.1, -0.05) is 24.3 Å². The molecule has 0 aliphatic rings. The molecule has 3 heteroatoms. The van der Waals surface area contributed by atoms with Gasteiger partial charge >= 0.3 is 0 Å². The fourth-order valence-corrected chi connectivity index (χ4v) is 2.40. The van der Waals surface area contributed by atoms with Crippen LogP contribution in [0, 0.1) is 6.92 Å². The van der Waals surface area contributed by atoms with E-state index in [0.717, 1.165) is 12.3 Å². The zero-order chi connectivity index (χ0) is 12.1. The van der Waals surface area contributed by atoms with Crippen LogP contribution in [0.15, 0.2) is 35.7 Å². The van der Waals surface area contributed by atoms with Crippen molar-refractivity contribution in [1.82, 2.24) is 5.32 Å². The van der Waals surface area contributed by atoms with Gasteiger partial charge in [-0.15, -0.1) is 11.3 Å². The first-order chi connectivity index (χ1) is 8.31. The molecule has 1 aromatic carbocycles. The Morgan fingerprint density at radius 1 is 1.24 bits per heavy atom. The Hall–Kier alpha value is -1.32. The van der Waals surface area contributed by atoms with Gasteiger partial charge in [0.1, 0.15) is 12.4 Å². The normalized spacial score (nSPS) is 10.5. The third kappa shape index (κ3) is 3.08. The van der Waals surface area contributed by atoms with Crippen molar-refractivity contribution in [2.45, 2.75) is 20.1 Å². The number of thiophene rings is 1. The molecular weight excluding hydrogens is 230 g/mol. The van der Waals surface area contributed by atoms with Gasteiger partial charge in [-0.3, -0.25) is 0 Å². The van der Waals surface area contributed by atoms with Crippen LogP contribution in [-0.2, 0) is 13.2 Å². The Morgan fingerprint density at radius 3 is 2.82 bits per heavy atom. The maximum atomic E-state index is 5.94. The topological polar surface area (TPSA) is 21.3 Å². The van der Waals surface area contributed by atoms with E-state index in [0.29, 0.717) is 6.61 Å². The minimum Gasteiger partial charge on any atom is -0.487 e. The molecule has 1 N–H and O–H groups in total. The Morgan fingerprint density at radius 2 is 2.12 bits per heavy atom. The van der Waals surface area contributed by atoms with Gasteiger partial charge < -0.3 is 10.1 Å². The standard InChI is InChI=1S/C14H17NOS/c1-11-5-3-6-12(9-15-2)14(11)16-10-13-7-4-8-17-13/h3-8,15H,9-10H2,1-2H3. The first kappa shape index (κ1) is 12.1. The molecule has 0 radical (unpaired) electrons. The van der Waals surface area contributed by atoms with E-state index in [1.54, 1.807) is 11.3 Å². The lowest BCUT2D eigenvalue weighted by Gasteiger charge is -2.13. The fourth-order valence-electron chi connectivity index (χ4n) is 1.79. The molecule has 0 atom stereocenters. The van der Waals surface area contributed by atoms with Crippen LogP contribution < -0.4 is 10.1 Å². The van der Waals surface area contributed by atoms with Crippen LogP contribution in [0.3, 0.4) is 0 Å². The van der Waals surface area contributed by atoms with E-state index >= 15 is 0 Å². The number of para-hydroxylation sites is 1. The van der Waals surface area contributed by atoms with Gasteiger partial charge in [0, 0.05) is 17.0 Å². The van der Waals surface area contributed by atoms with Crippen molar-refractivity contribution in [3.05, 3.63) is 51.7 Å². The van der Waals surface area contributed by atoms with Gasteiger partial charge in [-0.05, 0) is 31.0 Å². The third-order valence-corrected chi connectivity index (χ3v) is 3.45. The molecule has 1 heterocycles. The van der Waals surface area contributed by atoms with Crippen LogP contribution in [0.4, 0.5) is 0 Å². The Kier molecular flexibility index (Phi) is 4.18. The molecule has 17 heavy (non-hydrogen) atoms. The Balaban J connectivity index is 2.13. The highest BCUT2D eigenvalue weighted by atomic mass is 32.1. The van der Waals surface area contributed by atoms with Gasteiger partial charge in [-0.2, -0.15) is 0 Å². The van der Waals surface area contributed by atoms with Crippen LogP contribution in [-0.4, -0.2) is 7.05 Å². The van der Waals surface area contributed by atoms with Crippen LogP contribution in [0.1, 0.15) is 16.0 Å². The van der Waals surface area contributed by atoms with Crippen LogP contribution in [0.25, 0.3) is 0 Å². The van der Waals surface area contributed by atoms with Crippen molar-refractivity contribution in [1.29, 1.82) is 0 Å². The molecule has 0 fully saturated rings. The quantitative estimate of drug-likeness (QED) is 0.875. The summed E-state index contributed by atoms with van der Waals surface area (Å²) in [6.45, 7) is 3.57. The number of hydrogen-bond acceptors (Lipinski definition) is 3. The molecule has 1 aromatic heterocycles. The molecule has 0 aliphatic carbocycles. The summed E-state index contributed by atoms with van der Waals surface area (Å²) in [7, 11) is 1.95. The number of hydrogen-bond donors (Lipinski definition) is 1. The van der Waals surface area contributed by atoms with E-state index in [9.17, 15) is 0 Å². The Bertz CT molecular complexity index is 465. The molecule has 90 valence electrons. The van der Waals surface area contributed by atoms with Gasteiger partial charge in [0.15, 0.2) is 0 Å². The van der Waals surface area contributed by atoms with Crippen LogP contribution in [0.5, 0.6) is 5.75 Å². The van der Waals surface area contributed by atoms with Gasteiger partial charge in [0.05, 0.1) is 0 Å². The molecule has 0 saturated carbocycles. The summed E-state index contributed by atoms with van der Waals surface area (Å²) in [5.74, 6) is 1.01. The van der Waals surface area contributed by atoms with Crippen molar-refractivity contribution in [2.75, 3.05) is 7.05 Å². The number of aryl methyl sites for hydroxylation is 1. The van der Waals surface area contributed by atoms with E-state index in [1.165, 1.54) is 16.0 Å².